The number of nitrogens with zero attached hydrogens (tertiary/aromatic N) is 4. The Morgan fingerprint density at radius 2 is 2.19 bits per heavy atom. The summed E-state index contributed by atoms with van der Waals surface area (Å²) in [6, 6.07) is 0. The smallest absolute Gasteiger partial charge is 0.224 e. The lowest BCUT2D eigenvalue weighted by Gasteiger charge is -2.41. The molecule has 1 fully saturated rings. The van der Waals surface area contributed by atoms with Crippen molar-refractivity contribution < 1.29 is 14.3 Å². The van der Waals surface area contributed by atoms with E-state index in [1.165, 1.54) is 10.8 Å². The zero-order valence-corrected chi connectivity index (χ0v) is 17.4. The molecular formula is C18H27N5O3Si. The number of rotatable bonds is 4. The minimum atomic E-state index is -2.12. The van der Waals surface area contributed by atoms with E-state index in [1.54, 1.807) is 6.20 Å². The second-order valence-corrected chi connectivity index (χ2v) is 13.2. The van der Waals surface area contributed by atoms with Gasteiger partial charge in [0.05, 0.1) is 25.0 Å². The molecule has 1 aliphatic heterocycles. The number of terminal acetylenes is 1. The van der Waals surface area contributed by atoms with Crippen LogP contribution in [-0.2, 0) is 9.16 Å². The highest BCUT2D eigenvalue weighted by atomic mass is 28.4. The molecule has 3 atom stereocenters. The van der Waals surface area contributed by atoms with Gasteiger partial charge in [0.2, 0.25) is 5.95 Å². The Hall–Kier alpha value is -1.99. The normalized spacial score (nSPS) is 26.4. The van der Waals surface area contributed by atoms with E-state index in [2.05, 4.69) is 54.9 Å². The fourth-order valence-corrected chi connectivity index (χ4v) is 4.37. The summed E-state index contributed by atoms with van der Waals surface area (Å²) in [7, 11) is -2.12. The summed E-state index contributed by atoms with van der Waals surface area (Å²) in [5.41, 5.74) is 5.96. The molecule has 2 aromatic heterocycles. The largest absolute Gasteiger partial charge is 0.410 e. The third kappa shape index (κ3) is 3.23. The number of nitrogen functional groups attached to an aromatic ring is 1. The molecule has 27 heavy (non-hydrogen) atoms. The number of aromatic nitrogens is 4. The van der Waals surface area contributed by atoms with Crippen LogP contribution in [0.1, 0.15) is 38.9 Å². The summed E-state index contributed by atoms with van der Waals surface area (Å²) in [5, 5.41) is 14.3. The van der Waals surface area contributed by atoms with Gasteiger partial charge in [-0.05, 0) is 18.1 Å². The summed E-state index contributed by atoms with van der Waals surface area (Å²) in [6.07, 6.45) is 8.49. The van der Waals surface area contributed by atoms with Gasteiger partial charge in [0.15, 0.2) is 19.6 Å². The van der Waals surface area contributed by atoms with Gasteiger partial charge in [0.25, 0.3) is 0 Å². The average molecular weight is 390 g/mol. The van der Waals surface area contributed by atoms with Crippen molar-refractivity contribution in [2.45, 2.75) is 63.1 Å². The molecule has 0 aromatic carbocycles. The van der Waals surface area contributed by atoms with Gasteiger partial charge in [0.1, 0.15) is 6.33 Å². The Morgan fingerprint density at radius 3 is 2.78 bits per heavy atom. The van der Waals surface area contributed by atoms with E-state index in [-0.39, 0.29) is 17.6 Å². The second kappa shape index (κ2) is 6.56. The standard InChI is InChI=1S/C18H27N5O3Si/c1-7-18(10-24)14(26-27(5,6)17(2,3)4)8-13(25-18)12-9-22-23-15(12)20-11-21-16(23)19/h1,9,11,13-14,24H,8,10H2,2-6H3,(H2,19,20,21)/t13?,14?,18-/m1/s1. The van der Waals surface area contributed by atoms with Crippen LogP contribution in [0.3, 0.4) is 0 Å². The van der Waals surface area contributed by atoms with Crippen LogP contribution >= 0.6 is 0 Å². The maximum atomic E-state index is 10.1. The Labute approximate surface area is 160 Å². The summed E-state index contributed by atoms with van der Waals surface area (Å²) in [6.45, 7) is 10.5. The van der Waals surface area contributed by atoms with Crippen molar-refractivity contribution in [3.8, 4) is 12.3 Å². The molecule has 0 bridgehead atoms. The summed E-state index contributed by atoms with van der Waals surface area (Å²) in [5.74, 6) is 2.88. The lowest BCUT2D eigenvalue weighted by molar-refractivity contribution is -0.0686. The highest BCUT2D eigenvalue weighted by Crippen LogP contribution is 2.46. The van der Waals surface area contributed by atoms with Gasteiger partial charge < -0.3 is 20.0 Å². The molecule has 9 heteroatoms. The van der Waals surface area contributed by atoms with Crippen molar-refractivity contribution in [1.82, 2.24) is 19.6 Å². The maximum absolute atomic E-state index is 10.1. The van der Waals surface area contributed by atoms with Crippen molar-refractivity contribution in [3.05, 3.63) is 18.1 Å². The highest BCUT2D eigenvalue weighted by Gasteiger charge is 2.53. The molecule has 3 rings (SSSR count). The van der Waals surface area contributed by atoms with E-state index in [4.69, 9.17) is 21.3 Å². The molecule has 146 valence electrons. The molecule has 2 unspecified atom stereocenters. The van der Waals surface area contributed by atoms with E-state index in [1.807, 2.05) is 0 Å². The van der Waals surface area contributed by atoms with Crippen LogP contribution in [0, 0.1) is 12.3 Å². The van der Waals surface area contributed by atoms with Crippen LogP contribution in [-0.4, -0.2) is 51.3 Å². The van der Waals surface area contributed by atoms with Gasteiger partial charge in [-0.25, -0.2) is 9.97 Å². The van der Waals surface area contributed by atoms with Crippen LogP contribution < -0.4 is 5.73 Å². The molecule has 1 saturated heterocycles. The first-order chi connectivity index (χ1) is 12.5. The number of ether oxygens (including phenoxy) is 1. The highest BCUT2D eigenvalue weighted by molar-refractivity contribution is 6.74. The van der Waals surface area contributed by atoms with Crippen molar-refractivity contribution in [2.75, 3.05) is 12.3 Å². The molecule has 0 spiro atoms. The Balaban J connectivity index is 1.97. The zero-order valence-electron chi connectivity index (χ0n) is 16.4. The Morgan fingerprint density at radius 1 is 1.48 bits per heavy atom. The number of nitrogens with two attached hydrogens (primary N) is 1. The van der Waals surface area contributed by atoms with Gasteiger partial charge in [-0.1, -0.05) is 26.7 Å². The molecule has 2 aromatic rings. The van der Waals surface area contributed by atoms with Crippen LogP contribution in [0.25, 0.3) is 5.65 Å². The summed E-state index contributed by atoms with van der Waals surface area (Å²) >= 11 is 0. The number of fused-ring (bicyclic) bond motifs is 1. The second-order valence-electron chi connectivity index (χ2n) is 8.47. The van der Waals surface area contributed by atoms with E-state index in [0.717, 1.165) is 5.56 Å². The third-order valence-corrected chi connectivity index (χ3v) is 10.2. The lowest BCUT2D eigenvalue weighted by atomic mass is 9.97. The third-order valence-electron chi connectivity index (χ3n) is 5.73. The molecule has 0 radical (unpaired) electrons. The van der Waals surface area contributed by atoms with E-state index in [0.29, 0.717) is 12.1 Å². The van der Waals surface area contributed by atoms with Gasteiger partial charge in [0, 0.05) is 12.0 Å². The monoisotopic (exact) mass is 389 g/mol. The molecule has 8 nitrogen and oxygen atoms in total. The quantitative estimate of drug-likeness (QED) is 0.607. The number of hydrogen-bond donors (Lipinski definition) is 2. The molecule has 1 aliphatic rings. The lowest BCUT2D eigenvalue weighted by Crippen LogP contribution is -2.51. The van der Waals surface area contributed by atoms with E-state index >= 15 is 0 Å². The Bertz CT molecular complexity index is 885. The average Bonchev–Trinajstić information content (AvgIpc) is 3.16. The van der Waals surface area contributed by atoms with Gasteiger partial charge >= 0.3 is 0 Å². The first-order valence-electron chi connectivity index (χ1n) is 8.93. The van der Waals surface area contributed by atoms with Crippen LogP contribution in [0.5, 0.6) is 0 Å². The molecule has 0 aliphatic carbocycles. The first-order valence-corrected chi connectivity index (χ1v) is 11.8. The number of hydrogen-bond acceptors (Lipinski definition) is 7. The summed E-state index contributed by atoms with van der Waals surface area (Å²) in [4.78, 5) is 8.20. The topological polar surface area (TPSA) is 108 Å². The van der Waals surface area contributed by atoms with Crippen LogP contribution in [0.2, 0.25) is 18.1 Å². The molecule has 3 heterocycles. The van der Waals surface area contributed by atoms with E-state index < -0.39 is 26.1 Å². The summed E-state index contributed by atoms with van der Waals surface area (Å²) < 4.78 is 14.2. The van der Waals surface area contributed by atoms with Crippen molar-refractivity contribution in [1.29, 1.82) is 0 Å². The fourth-order valence-electron chi connectivity index (χ4n) is 3.02. The number of aliphatic hydroxyl groups excluding tert-OH is 1. The van der Waals surface area contributed by atoms with Crippen molar-refractivity contribution in [3.63, 3.8) is 0 Å². The van der Waals surface area contributed by atoms with Crippen LogP contribution in [0.4, 0.5) is 5.95 Å². The molecular weight excluding hydrogens is 362 g/mol. The molecule has 0 saturated carbocycles. The van der Waals surface area contributed by atoms with E-state index in [9.17, 15) is 5.11 Å². The van der Waals surface area contributed by atoms with Gasteiger partial charge in [-0.3, -0.25) is 0 Å². The maximum Gasteiger partial charge on any atom is 0.224 e. The predicted octanol–water partition coefficient (Wildman–Crippen LogP) is 1.92. The number of anilines is 1. The number of aliphatic hydroxyl groups is 1. The Kier molecular flexibility index (Phi) is 4.80. The van der Waals surface area contributed by atoms with Crippen molar-refractivity contribution in [2.24, 2.45) is 0 Å². The zero-order chi connectivity index (χ0) is 20.0. The molecule has 0 amide bonds. The van der Waals surface area contributed by atoms with Gasteiger partial charge in [-0.15, -0.1) is 6.42 Å². The van der Waals surface area contributed by atoms with Gasteiger partial charge in [-0.2, -0.15) is 9.61 Å². The van der Waals surface area contributed by atoms with Crippen LogP contribution in [0.15, 0.2) is 12.5 Å². The fraction of sp³-hybridized carbons (Fsp3) is 0.611. The first kappa shape index (κ1) is 19.8. The molecule has 3 N–H and O–H groups in total. The predicted molar refractivity (Wildman–Crippen MR) is 104 cm³/mol. The minimum Gasteiger partial charge on any atom is -0.410 e. The minimum absolute atomic E-state index is 0.00691. The van der Waals surface area contributed by atoms with Crippen molar-refractivity contribution >= 4 is 19.9 Å². The SMILES string of the molecule is C#C[C@]1(CO)OC(c2cnn3c(N)ncnc23)CC1O[Si](C)(C)C(C)(C)C.